The third kappa shape index (κ3) is 14.8. The van der Waals surface area contributed by atoms with E-state index in [4.69, 9.17) is 5.84 Å². The average Bonchev–Trinajstić information content (AvgIpc) is 2.53. The summed E-state index contributed by atoms with van der Waals surface area (Å²) in [7, 11) is 0. The Balaban J connectivity index is -0.000000208. The third-order valence-corrected chi connectivity index (χ3v) is 3.12. The predicted molar refractivity (Wildman–Crippen MR) is 123 cm³/mol. The topological polar surface area (TPSA) is 77.8 Å². The van der Waals surface area contributed by atoms with Gasteiger partial charge in [-0.1, -0.05) is 66.2 Å². The Morgan fingerprint density at radius 1 is 0.926 bits per heavy atom. The first-order chi connectivity index (χ1) is 10.8. The van der Waals surface area contributed by atoms with E-state index in [9.17, 15) is 4.79 Å². The standard InChI is InChI=1S/C13H18N2O.C7H8.2ClH.Na.H2O.H/c1-13(2,3)15(14)12(16)10-9-11-7-5-4-6-8-11;1-7-5-3-2-4-6-7;;;;;/h4-10H,14H2,1-3H3;2-6H,1H3;2*1H;;1H2;. The van der Waals surface area contributed by atoms with Crippen molar-refractivity contribution in [1.29, 1.82) is 0 Å². The molecule has 1 amide bonds. The molecule has 2 aromatic carbocycles. The van der Waals surface area contributed by atoms with Gasteiger partial charge >= 0.3 is 29.6 Å². The van der Waals surface area contributed by atoms with Gasteiger partial charge in [0, 0.05) is 6.08 Å². The van der Waals surface area contributed by atoms with Crippen LogP contribution in [0, 0.1) is 6.92 Å². The van der Waals surface area contributed by atoms with Crippen LogP contribution in [0.4, 0.5) is 0 Å². The SMILES string of the molecule is CC(C)(C)N(N)C(=O)C=Cc1ccccc1.Cc1ccccc1.Cl.Cl.O.[NaH]. The second kappa shape index (κ2) is 17.3. The molecule has 0 atom stereocenters. The van der Waals surface area contributed by atoms with Crippen LogP contribution in [0.1, 0.15) is 31.9 Å². The number of carbonyl (C=O) groups excluding carboxylic acids is 1. The van der Waals surface area contributed by atoms with Gasteiger partial charge in [-0.25, -0.2) is 5.84 Å². The van der Waals surface area contributed by atoms with Gasteiger partial charge in [-0.15, -0.1) is 24.8 Å². The molecule has 0 fully saturated rings. The van der Waals surface area contributed by atoms with E-state index >= 15 is 0 Å². The molecule has 0 heterocycles. The summed E-state index contributed by atoms with van der Waals surface area (Å²) in [5.74, 6) is 5.49. The quantitative estimate of drug-likeness (QED) is 0.263. The Bertz CT molecular complexity index is 633. The molecule has 4 nitrogen and oxygen atoms in total. The molecule has 0 unspecified atom stereocenters. The molecule has 0 bridgehead atoms. The zero-order chi connectivity index (χ0) is 17.3. The molecular weight excluding hydrogens is 394 g/mol. The molecule has 0 aliphatic rings. The van der Waals surface area contributed by atoms with Crippen LogP contribution in [-0.2, 0) is 4.79 Å². The minimum absolute atomic E-state index is 0. The monoisotopic (exact) mass is 424 g/mol. The fourth-order valence-corrected chi connectivity index (χ4v) is 1.68. The van der Waals surface area contributed by atoms with E-state index in [0.29, 0.717) is 0 Å². The second-order valence-electron chi connectivity index (χ2n) is 6.28. The van der Waals surface area contributed by atoms with Crippen molar-refractivity contribution in [2.75, 3.05) is 0 Å². The Labute approximate surface area is 197 Å². The Morgan fingerprint density at radius 3 is 1.67 bits per heavy atom. The first-order valence-corrected chi connectivity index (χ1v) is 7.64. The summed E-state index contributed by atoms with van der Waals surface area (Å²) in [4.78, 5) is 11.7. The van der Waals surface area contributed by atoms with Crippen LogP contribution >= 0.6 is 24.8 Å². The Hall–Kier alpha value is -0.850. The van der Waals surface area contributed by atoms with Gasteiger partial charge in [0.1, 0.15) is 0 Å². The third-order valence-electron chi connectivity index (χ3n) is 3.12. The molecule has 2 rings (SSSR count). The Morgan fingerprint density at radius 2 is 1.33 bits per heavy atom. The van der Waals surface area contributed by atoms with Crippen molar-refractivity contribution in [1.82, 2.24) is 5.01 Å². The maximum atomic E-state index is 11.7. The van der Waals surface area contributed by atoms with Crippen molar-refractivity contribution >= 4 is 66.4 Å². The van der Waals surface area contributed by atoms with Gasteiger partial charge in [-0.2, -0.15) is 0 Å². The number of amides is 1. The van der Waals surface area contributed by atoms with Crippen LogP contribution in [0.15, 0.2) is 66.7 Å². The summed E-state index contributed by atoms with van der Waals surface area (Å²) < 4.78 is 0. The molecule has 0 spiro atoms. The van der Waals surface area contributed by atoms with E-state index in [1.54, 1.807) is 6.08 Å². The van der Waals surface area contributed by atoms with Crippen molar-refractivity contribution < 1.29 is 10.3 Å². The summed E-state index contributed by atoms with van der Waals surface area (Å²) in [6, 6.07) is 19.9. The molecule has 4 N–H and O–H groups in total. The van der Waals surface area contributed by atoms with Crippen LogP contribution in [0.5, 0.6) is 0 Å². The summed E-state index contributed by atoms with van der Waals surface area (Å²) in [6.07, 6.45) is 3.24. The van der Waals surface area contributed by atoms with Crippen molar-refractivity contribution in [3.8, 4) is 0 Å². The van der Waals surface area contributed by atoms with E-state index in [-0.39, 0.29) is 71.3 Å². The molecule has 27 heavy (non-hydrogen) atoms. The van der Waals surface area contributed by atoms with Gasteiger partial charge in [0.25, 0.3) is 5.91 Å². The fraction of sp³-hybridized carbons (Fsp3) is 0.250. The van der Waals surface area contributed by atoms with Crippen LogP contribution in [0.3, 0.4) is 0 Å². The molecule has 0 radical (unpaired) electrons. The van der Waals surface area contributed by atoms with Crippen molar-refractivity contribution in [2.45, 2.75) is 33.2 Å². The van der Waals surface area contributed by atoms with E-state index in [0.717, 1.165) is 5.56 Å². The summed E-state index contributed by atoms with van der Waals surface area (Å²) in [6.45, 7) is 7.75. The van der Waals surface area contributed by atoms with Crippen molar-refractivity contribution in [3.63, 3.8) is 0 Å². The van der Waals surface area contributed by atoms with Gasteiger partial charge in [0.05, 0.1) is 5.54 Å². The molecule has 0 aromatic heterocycles. The van der Waals surface area contributed by atoms with Crippen molar-refractivity contribution in [3.05, 3.63) is 77.9 Å². The number of aryl methyl sites for hydroxylation is 1. The Kier molecular flexibility index (Phi) is 21.6. The number of hydrogen-bond acceptors (Lipinski definition) is 2. The van der Waals surface area contributed by atoms with E-state index in [1.807, 2.05) is 69.3 Å². The molecule has 148 valence electrons. The average molecular weight is 425 g/mol. The maximum absolute atomic E-state index is 11.7. The van der Waals surface area contributed by atoms with Crippen LogP contribution in [-0.4, -0.2) is 51.5 Å². The normalized spacial score (nSPS) is 9.22. The molecule has 0 aliphatic heterocycles. The van der Waals surface area contributed by atoms with Crippen molar-refractivity contribution in [2.24, 2.45) is 5.84 Å². The van der Waals surface area contributed by atoms with Crippen LogP contribution < -0.4 is 5.84 Å². The molecule has 2 aromatic rings. The van der Waals surface area contributed by atoms with E-state index < -0.39 is 0 Å². The molecule has 0 saturated carbocycles. The predicted octanol–water partition coefficient (Wildman–Crippen LogP) is 3.57. The first-order valence-electron chi connectivity index (χ1n) is 7.64. The minimum atomic E-state index is -0.363. The zero-order valence-electron chi connectivity index (χ0n) is 15.7. The van der Waals surface area contributed by atoms with Gasteiger partial charge in [0.2, 0.25) is 0 Å². The molecular formula is C20H31Cl2N2NaO2. The molecule has 7 heteroatoms. The molecule has 0 aliphatic carbocycles. The fourth-order valence-electron chi connectivity index (χ4n) is 1.68. The number of benzene rings is 2. The number of carbonyl (C=O) groups is 1. The van der Waals surface area contributed by atoms with Gasteiger partial charge in [-0.3, -0.25) is 9.80 Å². The van der Waals surface area contributed by atoms with Gasteiger partial charge in [-0.05, 0) is 39.3 Å². The summed E-state index contributed by atoms with van der Waals surface area (Å²) in [5, 5.41) is 1.23. The van der Waals surface area contributed by atoms with Crippen LogP contribution in [0.2, 0.25) is 0 Å². The zero-order valence-corrected chi connectivity index (χ0v) is 17.3. The second-order valence-corrected chi connectivity index (χ2v) is 6.28. The number of nitrogens with zero attached hydrogens (tertiary/aromatic N) is 1. The molecule has 0 saturated heterocycles. The van der Waals surface area contributed by atoms with E-state index in [1.165, 1.54) is 16.6 Å². The summed E-state index contributed by atoms with van der Waals surface area (Å²) in [5.41, 5.74) is 1.94. The number of halogens is 2. The number of hydrazine groups is 1. The number of hydrogen-bond donors (Lipinski definition) is 1. The van der Waals surface area contributed by atoms with E-state index in [2.05, 4.69) is 19.1 Å². The van der Waals surface area contributed by atoms with Crippen LogP contribution in [0.25, 0.3) is 6.08 Å². The van der Waals surface area contributed by atoms with Gasteiger partial charge in [0.15, 0.2) is 0 Å². The first kappa shape index (κ1) is 33.7. The summed E-state index contributed by atoms with van der Waals surface area (Å²) >= 11 is 0. The number of rotatable bonds is 2. The number of nitrogens with two attached hydrogens (primary N) is 1. The van der Waals surface area contributed by atoms with Gasteiger partial charge < -0.3 is 5.48 Å².